The van der Waals surface area contributed by atoms with E-state index < -0.39 is 0 Å². The topological polar surface area (TPSA) is 36.4 Å². The first-order chi connectivity index (χ1) is 7.31. The average molecular weight is 206 g/mol. The molecular formula is C12H18N2O. The van der Waals surface area contributed by atoms with Crippen LogP contribution in [0.1, 0.15) is 18.9 Å². The summed E-state index contributed by atoms with van der Waals surface area (Å²) < 4.78 is 0. The first-order valence-electron chi connectivity index (χ1n) is 5.55. The molecule has 1 aromatic rings. The number of pyridine rings is 1. The van der Waals surface area contributed by atoms with Crippen molar-refractivity contribution in [3.8, 4) is 0 Å². The summed E-state index contributed by atoms with van der Waals surface area (Å²) in [5.74, 6) is 0.451. The first kappa shape index (κ1) is 10.6. The van der Waals surface area contributed by atoms with Gasteiger partial charge in [-0.3, -0.25) is 9.88 Å². The van der Waals surface area contributed by atoms with Gasteiger partial charge in [-0.25, -0.2) is 0 Å². The molecular weight excluding hydrogens is 188 g/mol. The fourth-order valence-corrected chi connectivity index (χ4v) is 2.26. The third kappa shape index (κ3) is 2.36. The summed E-state index contributed by atoms with van der Waals surface area (Å²) in [5.41, 5.74) is 1.30. The lowest BCUT2D eigenvalue weighted by Crippen LogP contribution is -2.30. The van der Waals surface area contributed by atoms with Gasteiger partial charge in [0.05, 0.1) is 0 Å². The van der Waals surface area contributed by atoms with Crippen molar-refractivity contribution in [1.29, 1.82) is 0 Å². The molecule has 0 aromatic carbocycles. The van der Waals surface area contributed by atoms with E-state index in [1.807, 2.05) is 12.4 Å². The summed E-state index contributed by atoms with van der Waals surface area (Å²) >= 11 is 0. The standard InChI is InChI=1S/C12H18N2O/c1-10-12(9-15)4-7-14(10)8-11-2-5-13-6-3-11/h2-3,5-6,10,12,15H,4,7-9H2,1H3. The second kappa shape index (κ2) is 4.73. The predicted octanol–water partition coefficient (Wildman–Crippen LogP) is 1.28. The fraction of sp³-hybridized carbons (Fsp3) is 0.583. The van der Waals surface area contributed by atoms with Gasteiger partial charge in [0, 0.05) is 31.6 Å². The molecule has 2 unspecified atom stereocenters. The number of hydrogen-bond donors (Lipinski definition) is 1. The largest absolute Gasteiger partial charge is 0.396 e. The minimum absolute atomic E-state index is 0.314. The number of aliphatic hydroxyl groups excluding tert-OH is 1. The number of hydrogen-bond acceptors (Lipinski definition) is 3. The molecule has 0 spiro atoms. The zero-order valence-electron chi connectivity index (χ0n) is 9.13. The van der Waals surface area contributed by atoms with E-state index in [9.17, 15) is 5.11 Å². The third-order valence-electron chi connectivity index (χ3n) is 3.41. The second-order valence-electron chi connectivity index (χ2n) is 4.30. The lowest BCUT2D eigenvalue weighted by Gasteiger charge is -2.23. The van der Waals surface area contributed by atoms with Crippen LogP contribution in [0.3, 0.4) is 0 Å². The molecule has 2 heterocycles. The fourth-order valence-electron chi connectivity index (χ4n) is 2.26. The van der Waals surface area contributed by atoms with Crippen LogP contribution in [-0.2, 0) is 6.54 Å². The zero-order valence-corrected chi connectivity index (χ0v) is 9.13. The Morgan fingerprint density at radius 3 is 2.80 bits per heavy atom. The van der Waals surface area contributed by atoms with E-state index in [4.69, 9.17) is 0 Å². The Labute approximate surface area is 90.8 Å². The summed E-state index contributed by atoms with van der Waals surface area (Å²) in [4.78, 5) is 6.44. The highest BCUT2D eigenvalue weighted by Crippen LogP contribution is 2.24. The molecule has 1 saturated heterocycles. The lowest BCUT2D eigenvalue weighted by molar-refractivity contribution is 0.173. The van der Waals surface area contributed by atoms with Gasteiger partial charge in [0.25, 0.3) is 0 Å². The third-order valence-corrected chi connectivity index (χ3v) is 3.41. The number of likely N-dealkylation sites (tertiary alicyclic amines) is 1. The second-order valence-corrected chi connectivity index (χ2v) is 4.30. The molecule has 1 aliphatic rings. The van der Waals surface area contributed by atoms with Gasteiger partial charge in [0.15, 0.2) is 0 Å². The van der Waals surface area contributed by atoms with E-state index in [1.54, 1.807) is 0 Å². The van der Waals surface area contributed by atoms with Gasteiger partial charge in [-0.05, 0) is 43.5 Å². The molecule has 0 bridgehead atoms. The van der Waals surface area contributed by atoms with Gasteiger partial charge < -0.3 is 5.11 Å². The summed E-state index contributed by atoms with van der Waals surface area (Å²) in [5, 5.41) is 9.18. The van der Waals surface area contributed by atoms with Gasteiger partial charge in [0.2, 0.25) is 0 Å². The van der Waals surface area contributed by atoms with Crippen molar-refractivity contribution in [3.05, 3.63) is 30.1 Å². The Balaban J connectivity index is 1.96. The molecule has 0 amide bonds. The van der Waals surface area contributed by atoms with E-state index in [1.165, 1.54) is 5.56 Å². The van der Waals surface area contributed by atoms with Crippen molar-refractivity contribution in [2.45, 2.75) is 25.9 Å². The summed E-state index contributed by atoms with van der Waals surface area (Å²) in [6, 6.07) is 4.60. The van der Waals surface area contributed by atoms with E-state index in [0.717, 1.165) is 19.5 Å². The number of aromatic nitrogens is 1. The minimum atomic E-state index is 0.314. The van der Waals surface area contributed by atoms with E-state index in [2.05, 4.69) is 28.9 Å². The van der Waals surface area contributed by atoms with Crippen molar-refractivity contribution in [3.63, 3.8) is 0 Å². The van der Waals surface area contributed by atoms with E-state index in [-0.39, 0.29) is 0 Å². The molecule has 3 nitrogen and oxygen atoms in total. The summed E-state index contributed by atoms with van der Waals surface area (Å²) in [6.45, 7) is 4.58. The Bertz CT molecular complexity index is 302. The van der Waals surface area contributed by atoms with Crippen LogP contribution in [0, 0.1) is 5.92 Å². The van der Waals surface area contributed by atoms with Crippen molar-refractivity contribution >= 4 is 0 Å². The molecule has 0 aliphatic carbocycles. The van der Waals surface area contributed by atoms with Crippen molar-refractivity contribution in [2.24, 2.45) is 5.92 Å². The molecule has 82 valence electrons. The van der Waals surface area contributed by atoms with Crippen LogP contribution in [-0.4, -0.2) is 34.2 Å². The molecule has 0 saturated carbocycles. The molecule has 15 heavy (non-hydrogen) atoms. The summed E-state index contributed by atoms with van der Waals surface area (Å²) in [6.07, 6.45) is 4.78. The normalized spacial score (nSPS) is 27.1. The maximum atomic E-state index is 9.18. The predicted molar refractivity (Wildman–Crippen MR) is 59.3 cm³/mol. The highest BCUT2D eigenvalue weighted by molar-refractivity contribution is 5.10. The van der Waals surface area contributed by atoms with Crippen LogP contribution in [0.2, 0.25) is 0 Å². The van der Waals surface area contributed by atoms with Crippen LogP contribution in [0.25, 0.3) is 0 Å². The van der Waals surface area contributed by atoms with Gasteiger partial charge in [-0.1, -0.05) is 0 Å². The SMILES string of the molecule is CC1C(CO)CCN1Cc1ccncc1. The Hall–Kier alpha value is -0.930. The van der Waals surface area contributed by atoms with Gasteiger partial charge >= 0.3 is 0 Å². The zero-order chi connectivity index (χ0) is 10.7. The maximum Gasteiger partial charge on any atom is 0.0474 e. The van der Waals surface area contributed by atoms with Crippen molar-refractivity contribution < 1.29 is 5.11 Å². The lowest BCUT2D eigenvalue weighted by atomic mass is 10.0. The maximum absolute atomic E-state index is 9.18. The molecule has 2 atom stereocenters. The van der Waals surface area contributed by atoms with Gasteiger partial charge in [-0.2, -0.15) is 0 Å². The molecule has 2 rings (SSSR count). The number of rotatable bonds is 3. The highest BCUT2D eigenvalue weighted by atomic mass is 16.3. The number of nitrogens with zero attached hydrogens (tertiary/aromatic N) is 2. The summed E-state index contributed by atoms with van der Waals surface area (Å²) in [7, 11) is 0. The molecule has 1 aliphatic heterocycles. The Morgan fingerprint density at radius 1 is 1.47 bits per heavy atom. The molecule has 1 aromatic heterocycles. The quantitative estimate of drug-likeness (QED) is 0.809. The molecule has 1 N–H and O–H groups in total. The monoisotopic (exact) mass is 206 g/mol. The number of aliphatic hydroxyl groups is 1. The molecule has 0 radical (unpaired) electrons. The molecule has 3 heteroatoms. The smallest absolute Gasteiger partial charge is 0.0474 e. The minimum Gasteiger partial charge on any atom is -0.396 e. The molecule has 1 fully saturated rings. The van der Waals surface area contributed by atoms with Gasteiger partial charge in [0.1, 0.15) is 0 Å². The highest BCUT2D eigenvalue weighted by Gasteiger charge is 2.29. The Morgan fingerprint density at radius 2 is 2.20 bits per heavy atom. The van der Waals surface area contributed by atoms with E-state index in [0.29, 0.717) is 18.6 Å². The van der Waals surface area contributed by atoms with Gasteiger partial charge in [-0.15, -0.1) is 0 Å². The van der Waals surface area contributed by atoms with Crippen molar-refractivity contribution in [1.82, 2.24) is 9.88 Å². The van der Waals surface area contributed by atoms with Crippen molar-refractivity contribution in [2.75, 3.05) is 13.2 Å². The van der Waals surface area contributed by atoms with Crippen LogP contribution in [0.15, 0.2) is 24.5 Å². The Kier molecular flexibility index (Phi) is 3.34. The first-order valence-corrected chi connectivity index (χ1v) is 5.55. The van der Waals surface area contributed by atoms with Crippen LogP contribution in [0.5, 0.6) is 0 Å². The van der Waals surface area contributed by atoms with Crippen LogP contribution >= 0.6 is 0 Å². The van der Waals surface area contributed by atoms with Crippen LogP contribution < -0.4 is 0 Å². The average Bonchev–Trinajstić information content (AvgIpc) is 2.62. The van der Waals surface area contributed by atoms with E-state index >= 15 is 0 Å². The van der Waals surface area contributed by atoms with Crippen LogP contribution in [0.4, 0.5) is 0 Å².